The van der Waals surface area contributed by atoms with Crippen molar-refractivity contribution in [2.45, 2.75) is 31.8 Å². The monoisotopic (exact) mass is 262 g/mol. The molecule has 0 aliphatic rings. The number of pyridine rings is 1. The fourth-order valence-electron chi connectivity index (χ4n) is 1.59. The maximum absolute atomic E-state index is 11.9. The normalized spacial score (nSPS) is 13.1. The Bertz CT molecular complexity index is 592. The highest BCUT2D eigenvalue weighted by molar-refractivity contribution is 7.99. The number of aromatic nitrogens is 2. The summed E-state index contributed by atoms with van der Waals surface area (Å²) >= 11 is 1.84. The van der Waals surface area contributed by atoms with Crippen LogP contribution in [0.3, 0.4) is 0 Å². The van der Waals surface area contributed by atoms with E-state index in [1.165, 1.54) is 0 Å². The molecular weight excluding hydrogens is 244 g/mol. The minimum Gasteiger partial charge on any atom is -0.269 e. The first-order chi connectivity index (χ1) is 8.58. The van der Waals surface area contributed by atoms with E-state index in [1.54, 1.807) is 16.7 Å². The van der Waals surface area contributed by atoms with Crippen LogP contribution in [0.25, 0.3) is 5.65 Å². The fraction of sp³-hybridized carbons (Fsp3) is 0.429. The molecule has 0 saturated heterocycles. The first-order valence-corrected chi connectivity index (χ1v) is 7.21. The second kappa shape index (κ2) is 5.57. The summed E-state index contributed by atoms with van der Waals surface area (Å²) in [7, 11) is 0. The quantitative estimate of drug-likeness (QED) is 0.849. The lowest BCUT2D eigenvalue weighted by molar-refractivity contribution is 0.642. The highest BCUT2D eigenvalue weighted by Gasteiger charge is 2.09. The minimum atomic E-state index is -0.00611. The lowest BCUT2D eigenvalue weighted by atomic mass is 10.2. The van der Waals surface area contributed by atoms with Crippen LogP contribution in [0.15, 0.2) is 35.3 Å². The molecule has 0 N–H and O–H groups in total. The predicted molar refractivity (Wildman–Crippen MR) is 77.1 cm³/mol. The highest BCUT2D eigenvalue weighted by atomic mass is 32.2. The Kier molecular flexibility index (Phi) is 4.07. The van der Waals surface area contributed by atoms with Gasteiger partial charge in [0.25, 0.3) is 5.56 Å². The number of hydrogen-bond donors (Lipinski definition) is 0. The third-order valence-corrected chi connectivity index (χ3v) is 4.59. The van der Waals surface area contributed by atoms with E-state index in [2.05, 4.69) is 25.8 Å². The Labute approximate surface area is 111 Å². The van der Waals surface area contributed by atoms with Crippen LogP contribution in [0.2, 0.25) is 0 Å². The largest absolute Gasteiger partial charge is 0.269 e. The Morgan fingerprint density at radius 3 is 2.83 bits per heavy atom. The summed E-state index contributed by atoms with van der Waals surface area (Å²) in [5.41, 5.74) is 1.58. The molecule has 2 rings (SSSR count). The van der Waals surface area contributed by atoms with E-state index in [9.17, 15) is 4.79 Å². The van der Waals surface area contributed by atoms with Gasteiger partial charge in [-0.3, -0.25) is 9.20 Å². The van der Waals surface area contributed by atoms with Crippen molar-refractivity contribution in [3.63, 3.8) is 0 Å². The van der Waals surface area contributed by atoms with Crippen molar-refractivity contribution < 1.29 is 0 Å². The Hall–Kier alpha value is -1.29. The van der Waals surface area contributed by atoms with E-state index >= 15 is 0 Å². The number of thioether (sulfide) groups is 1. The van der Waals surface area contributed by atoms with Crippen LogP contribution in [0, 0.1) is 5.92 Å². The summed E-state index contributed by atoms with van der Waals surface area (Å²) in [6.07, 6.45) is 1.75. The predicted octanol–water partition coefficient (Wildman–Crippen LogP) is 2.97. The van der Waals surface area contributed by atoms with Crippen molar-refractivity contribution in [3.8, 4) is 0 Å². The van der Waals surface area contributed by atoms with Crippen molar-refractivity contribution in [2.24, 2.45) is 5.92 Å². The van der Waals surface area contributed by atoms with Gasteiger partial charge in [0.05, 0.1) is 5.69 Å². The Morgan fingerprint density at radius 1 is 1.33 bits per heavy atom. The molecule has 0 unspecified atom stereocenters. The average molecular weight is 262 g/mol. The molecular formula is C14H18N2OS. The molecule has 0 amide bonds. The van der Waals surface area contributed by atoms with Crippen molar-refractivity contribution in [1.82, 2.24) is 9.38 Å². The molecule has 0 aliphatic heterocycles. The topological polar surface area (TPSA) is 34.4 Å². The molecule has 0 saturated carbocycles. The van der Waals surface area contributed by atoms with E-state index in [0.717, 1.165) is 17.1 Å². The zero-order valence-electron chi connectivity index (χ0n) is 11.0. The van der Waals surface area contributed by atoms with Crippen LogP contribution in [0.4, 0.5) is 0 Å². The van der Waals surface area contributed by atoms with Gasteiger partial charge < -0.3 is 0 Å². The van der Waals surface area contributed by atoms with Gasteiger partial charge in [0, 0.05) is 23.3 Å². The first kappa shape index (κ1) is 13.1. The van der Waals surface area contributed by atoms with Crippen LogP contribution in [0.1, 0.15) is 26.5 Å². The van der Waals surface area contributed by atoms with Gasteiger partial charge >= 0.3 is 0 Å². The molecule has 3 nitrogen and oxygen atoms in total. The highest BCUT2D eigenvalue weighted by Crippen LogP contribution is 2.21. The zero-order valence-corrected chi connectivity index (χ0v) is 11.8. The van der Waals surface area contributed by atoms with E-state index in [4.69, 9.17) is 0 Å². The summed E-state index contributed by atoms with van der Waals surface area (Å²) < 4.78 is 1.57. The van der Waals surface area contributed by atoms with Gasteiger partial charge in [0.15, 0.2) is 0 Å². The smallest absolute Gasteiger partial charge is 0.258 e. The SMILES string of the molecule is CC(C)[C@H](C)SCc1cc(=O)n2ccccc2n1. The molecule has 18 heavy (non-hydrogen) atoms. The number of rotatable bonds is 4. The number of nitrogens with zero attached hydrogens (tertiary/aromatic N) is 2. The molecule has 2 aromatic heterocycles. The second-order valence-electron chi connectivity index (χ2n) is 4.77. The van der Waals surface area contributed by atoms with Crippen molar-refractivity contribution >= 4 is 17.4 Å². The third kappa shape index (κ3) is 2.93. The average Bonchev–Trinajstić information content (AvgIpc) is 2.36. The van der Waals surface area contributed by atoms with Crippen molar-refractivity contribution in [1.29, 1.82) is 0 Å². The lowest BCUT2D eigenvalue weighted by Crippen LogP contribution is -2.15. The first-order valence-electron chi connectivity index (χ1n) is 6.17. The molecule has 0 bridgehead atoms. The lowest BCUT2D eigenvalue weighted by Gasteiger charge is -2.14. The number of hydrogen-bond acceptors (Lipinski definition) is 3. The van der Waals surface area contributed by atoms with E-state index in [0.29, 0.717) is 11.2 Å². The molecule has 0 aliphatic carbocycles. The maximum Gasteiger partial charge on any atom is 0.258 e. The van der Waals surface area contributed by atoms with Gasteiger partial charge in [-0.15, -0.1) is 0 Å². The molecule has 96 valence electrons. The van der Waals surface area contributed by atoms with Crippen molar-refractivity contribution in [3.05, 3.63) is 46.5 Å². The summed E-state index contributed by atoms with van der Waals surface area (Å²) in [6.45, 7) is 6.63. The molecule has 0 aromatic carbocycles. The second-order valence-corrected chi connectivity index (χ2v) is 6.14. The van der Waals surface area contributed by atoms with Gasteiger partial charge in [0.1, 0.15) is 5.65 Å². The molecule has 0 radical (unpaired) electrons. The van der Waals surface area contributed by atoms with Crippen LogP contribution >= 0.6 is 11.8 Å². The standard InChI is InChI=1S/C14H18N2OS/c1-10(2)11(3)18-9-12-8-14(17)16-7-5-4-6-13(16)15-12/h4-8,10-11H,9H2,1-3H3/t11-/m0/s1. The molecule has 0 fully saturated rings. The van der Waals surface area contributed by atoms with Crippen LogP contribution in [-0.4, -0.2) is 14.6 Å². The Morgan fingerprint density at radius 2 is 2.11 bits per heavy atom. The van der Waals surface area contributed by atoms with E-state index in [1.807, 2.05) is 30.0 Å². The summed E-state index contributed by atoms with van der Waals surface area (Å²) in [5, 5.41) is 0.570. The van der Waals surface area contributed by atoms with Crippen LogP contribution < -0.4 is 5.56 Å². The van der Waals surface area contributed by atoms with Crippen LogP contribution in [0.5, 0.6) is 0 Å². The van der Waals surface area contributed by atoms with Crippen molar-refractivity contribution in [2.75, 3.05) is 0 Å². The minimum absolute atomic E-state index is 0.00611. The molecule has 2 aromatic rings. The molecule has 1 atom stereocenters. The van der Waals surface area contributed by atoms with Gasteiger partial charge in [-0.05, 0) is 18.1 Å². The zero-order chi connectivity index (χ0) is 13.1. The Balaban J connectivity index is 2.22. The van der Waals surface area contributed by atoms with E-state index in [-0.39, 0.29) is 5.56 Å². The van der Waals surface area contributed by atoms with Gasteiger partial charge in [0.2, 0.25) is 0 Å². The van der Waals surface area contributed by atoms with Gasteiger partial charge in [-0.1, -0.05) is 26.8 Å². The maximum atomic E-state index is 11.9. The third-order valence-electron chi connectivity index (χ3n) is 3.06. The molecule has 0 spiro atoms. The summed E-state index contributed by atoms with van der Waals surface area (Å²) in [5.74, 6) is 1.43. The molecule has 4 heteroatoms. The molecule has 2 heterocycles. The van der Waals surface area contributed by atoms with Gasteiger partial charge in [-0.2, -0.15) is 11.8 Å². The number of fused-ring (bicyclic) bond motifs is 1. The summed E-state index contributed by atoms with van der Waals surface area (Å²) in [4.78, 5) is 16.4. The summed E-state index contributed by atoms with van der Waals surface area (Å²) in [6, 6.07) is 7.23. The fourth-order valence-corrected chi connectivity index (χ4v) is 2.55. The van der Waals surface area contributed by atoms with E-state index < -0.39 is 0 Å². The van der Waals surface area contributed by atoms with Crippen LogP contribution in [-0.2, 0) is 5.75 Å². The van der Waals surface area contributed by atoms with Gasteiger partial charge in [-0.25, -0.2) is 4.98 Å².